The van der Waals surface area contributed by atoms with Crippen molar-refractivity contribution in [3.05, 3.63) is 25.8 Å². The van der Waals surface area contributed by atoms with Crippen LogP contribution in [-0.4, -0.2) is 5.48 Å². The summed E-state index contributed by atoms with van der Waals surface area (Å²) in [5.41, 5.74) is 0. The Bertz CT molecular complexity index is 22.0. The Kier molecular flexibility index (Phi) is 310. The van der Waals surface area contributed by atoms with Crippen LogP contribution in [-0.2, 0) is 32.7 Å². The van der Waals surface area contributed by atoms with Crippen LogP contribution in [0.15, 0.2) is 25.8 Å². The summed E-state index contributed by atoms with van der Waals surface area (Å²) in [6, 6.07) is 0. The first-order valence-corrected chi connectivity index (χ1v) is 1.49. The van der Waals surface area contributed by atoms with E-state index < -0.39 is 0 Å². The summed E-state index contributed by atoms with van der Waals surface area (Å²) in [5.74, 6) is 0. The molecule has 0 aromatic heterocycles. The van der Waals surface area contributed by atoms with Gasteiger partial charge in [-0.15, -0.1) is 19.7 Å². The monoisotopic (exact) mass is 177 g/mol. The van der Waals surface area contributed by atoms with Crippen LogP contribution in [0.1, 0.15) is 6.92 Å². The minimum Gasteiger partial charge on any atom is -0.412 e. The largest absolute Gasteiger partial charge is 0.412 e. The van der Waals surface area contributed by atoms with Crippen LogP contribution >= 0.6 is 0 Å². The normalized spacial score (nSPS) is 2.43. The average molecular weight is 177 g/mol. The van der Waals surface area contributed by atoms with Gasteiger partial charge in [0.1, 0.15) is 0 Å². The Morgan fingerprint density at radius 2 is 1.29 bits per heavy atom. The summed E-state index contributed by atoms with van der Waals surface area (Å²) in [6.45, 7) is 11.2. The molecule has 0 fully saturated rings. The van der Waals surface area contributed by atoms with Crippen molar-refractivity contribution in [3.63, 3.8) is 0 Å². The van der Waals surface area contributed by atoms with E-state index in [1.165, 1.54) is 0 Å². The van der Waals surface area contributed by atoms with Crippen LogP contribution < -0.4 is 0 Å². The zero-order chi connectivity index (χ0) is 4.71. The van der Waals surface area contributed by atoms with E-state index in [1.54, 1.807) is 6.08 Å². The first kappa shape index (κ1) is 25.7. The molecular formula is C5H12OY. The standard InChI is InChI=1S/C3H6.C2H4.H2O.Y/c1-3-2;1-2;;/h3H,1H2,2H3;1-2H2;1H2;. The molecule has 0 aromatic carbocycles. The SMILES string of the molecule is C=C.C=CC.O.[Y]. The molecule has 0 saturated heterocycles. The third kappa shape index (κ3) is 457. The third-order valence-electron chi connectivity index (χ3n) is 0. The Morgan fingerprint density at radius 1 is 1.29 bits per heavy atom. The van der Waals surface area contributed by atoms with Gasteiger partial charge in [-0.2, -0.15) is 0 Å². The molecule has 2 heteroatoms. The molecule has 0 spiro atoms. The van der Waals surface area contributed by atoms with Gasteiger partial charge in [-0.25, -0.2) is 0 Å². The molecule has 7 heavy (non-hydrogen) atoms. The third-order valence-corrected chi connectivity index (χ3v) is 0. The van der Waals surface area contributed by atoms with Crippen LogP contribution in [0.3, 0.4) is 0 Å². The van der Waals surface area contributed by atoms with E-state index in [9.17, 15) is 0 Å². The summed E-state index contributed by atoms with van der Waals surface area (Å²) in [7, 11) is 0. The summed E-state index contributed by atoms with van der Waals surface area (Å²) in [5, 5.41) is 0. The average Bonchev–Trinajstić information content (AvgIpc) is 1.46. The van der Waals surface area contributed by atoms with Crippen LogP contribution in [0.5, 0.6) is 0 Å². The topological polar surface area (TPSA) is 31.5 Å². The van der Waals surface area contributed by atoms with Crippen molar-refractivity contribution in [2.45, 2.75) is 6.92 Å². The van der Waals surface area contributed by atoms with E-state index in [0.717, 1.165) is 0 Å². The summed E-state index contributed by atoms with van der Waals surface area (Å²) >= 11 is 0. The van der Waals surface area contributed by atoms with E-state index in [2.05, 4.69) is 19.7 Å². The van der Waals surface area contributed by atoms with Crippen molar-refractivity contribution in [2.75, 3.05) is 0 Å². The van der Waals surface area contributed by atoms with Gasteiger partial charge in [0.25, 0.3) is 0 Å². The Balaban J connectivity index is -0.0000000105. The van der Waals surface area contributed by atoms with Crippen LogP contribution in [0, 0.1) is 0 Å². The molecular weight excluding hydrogens is 165 g/mol. The van der Waals surface area contributed by atoms with Crippen molar-refractivity contribution >= 4 is 0 Å². The maximum absolute atomic E-state index is 3.36. The van der Waals surface area contributed by atoms with Crippen LogP contribution in [0.25, 0.3) is 0 Å². The second-order valence-electron chi connectivity index (χ2n) is 0.408. The van der Waals surface area contributed by atoms with Crippen LogP contribution in [0.2, 0.25) is 0 Å². The molecule has 0 heterocycles. The molecule has 41 valence electrons. The molecule has 1 nitrogen and oxygen atoms in total. The minimum absolute atomic E-state index is 0. The molecule has 0 aromatic rings. The summed E-state index contributed by atoms with van der Waals surface area (Å²) in [6.07, 6.45) is 1.75. The van der Waals surface area contributed by atoms with E-state index >= 15 is 0 Å². The van der Waals surface area contributed by atoms with Gasteiger partial charge in [-0.05, 0) is 6.92 Å². The zero-order valence-corrected chi connectivity index (χ0v) is 7.61. The van der Waals surface area contributed by atoms with Gasteiger partial charge in [-0.3, -0.25) is 0 Å². The fourth-order valence-electron chi connectivity index (χ4n) is 0. The molecule has 0 amide bonds. The molecule has 1 radical (unpaired) electrons. The number of hydrogen-bond donors (Lipinski definition) is 0. The maximum Gasteiger partial charge on any atom is 0 e. The summed E-state index contributed by atoms with van der Waals surface area (Å²) in [4.78, 5) is 0. The molecule has 0 bridgehead atoms. The molecule has 0 rings (SSSR count). The predicted octanol–water partition coefficient (Wildman–Crippen LogP) is 1.17. The molecule has 0 aliphatic carbocycles. The second kappa shape index (κ2) is 84.4. The summed E-state index contributed by atoms with van der Waals surface area (Å²) < 4.78 is 0. The van der Waals surface area contributed by atoms with Gasteiger partial charge < -0.3 is 5.48 Å². The first-order chi connectivity index (χ1) is 2.41. The fourth-order valence-corrected chi connectivity index (χ4v) is 0. The number of rotatable bonds is 0. The maximum atomic E-state index is 3.36. The molecule has 0 aliphatic rings. The van der Waals surface area contributed by atoms with Gasteiger partial charge in [0.15, 0.2) is 0 Å². The van der Waals surface area contributed by atoms with Gasteiger partial charge >= 0.3 is 0 Å². The Morgan fingerprint density at radius 3 is 1.29 bits per heavy atom. The van der Waals surface area contributed by atoms with Crippen molar-refractivity contribution in [2.24, 2.45) is 0 Å². The van der Waals surface area contributed by atoms with E-state index in [0.29, 0.717) is 0 Å². The van der Waals surface area contributed by atoms with E-state index in [1.807, 2.05) is 6.92 Å². The molecule has 0 unspecified atom stereocenters. The molecule has 0 saturated carbocycles. The van der Waals surface area contributed by atoms with E-state index in [-0.39, 0.29) is 38.2 Å². The smallest absolute Gasteiger partial charge is 0 e. The van der Waals surface area contributed by atoms with Crippen molar-refractivity contribution < 1.29 is 38.2 Å². The van der Waals surface area contributed by atoms with Crippen molar-refractivity contribution in [1.29, 1.82) is 0 Å². The fraction of sp³-hybridized carbons (Fsp3) is 0.200. The van der Waals surface area contributed by atoms with Gasteiger partial charge in [0.2, 0.25) is 0 Å². The zero-order valence-electron chi connectivity index (χ0n) is 4.78. The van der Waals surface area contributed by atoms with Gasteiger partial charge in [0.05, 0.1) is 0 Å². The predicted molar refractivity (Wildman–Crippen MR) is 30.7 cm³/mol. The van der Waals surface area contributed by atoms with Crippen molar-refractivity contribution in [3.8, 4) is 0 Å². The molecule has 0 atom stereocenters. The second-order valence-corrected chi connectivity index (χ2v) is 0.408. The Labute approximate surface area is 70.7 Å². The van der Waals surface area contributed by atoms with Crippen molar-refractivity contribution in [1.82, 2.24) is 0 Å². The molecule has 0 aliphatic heterocycles. The quantitative estimate of drug-likeness (QED) is 0.497. The number of hydrogen-bond acceptors (Lipinski definition) is 0. The first-order valence-electron chi connectivity index (χ1n) is 1.49. The van der Waals surface area contributed by atoms with Crippen LogP contribution in [0.4, 0.5) is 0 Å². The van der Waals surface area contributed by atoms with Gasteiger partial charge in [0, 0.05) is 32.7 Å². The number of allylic oxidation sites excluding steroid dienone is 1. The van der Waals surface area contributed by atoms with Gasteiger partial charge in [-0.1, -0.05) is 6.08 Å². The molecule has 2 N–H and O–H groups in total. The minimum atomic E-state index is 0. The van der Waals surface area contributed by atoms with E-state index in [4.69, 9.17) is 0 Å². The Hall–Kier alpha value is 0.544.